The molecule has 2 aliphatic heterocycles. The standard InChI is InChI=1S/C22H27F3N6O2/c1-16-18(14-27-31(16)19-6-5-17(13-26-19)22(23,24)25)21(33)30-11-9-28(10-12-30)15-20(32)29-7-3-2-4-8-29/h5-6,13-14H,2-4,7-12,15H2,1H3. The number of piperazine rings is 1. The zero-order valence-electron chi connectivity index (χ0n) is 18.5. The largest absolute Gasteiger partial charge is 0.417 e. The Morgan fingerprint density at radius 3 is 2.24 bits per heavy atom. The van der Waals surface area contributed by atoms with Crippen LogP contribution in [0.2, 0.25) is 0 Å². The number of aromatic nitrogens is 3. The summed E-state index contributed by atoms with van der Waals surface area (Å²) >= 11 is 0. The smallest absolute Gasteiger partial charge is 0.342 e. The molecule has 0 unspecified atom stereocenters. The van der Waals surface area contributed by atoms with Crippen LogP contribution in [0.15, 0.2) is 24.5 Å². The highest BCUT2D eigenvalue weighted by Gasteiger charge is 2.31. The highest BCUT2D eigenvalue weighted by atomic mass is 19.4. The van der Waals surface area contributed by atoms with Gasteiger partial charge in [0, 0.05) is 45.5 Å². The van der Waals surface area contributed by atoms with Gasteiger partial charge in [0.2, 0.25) is 5.91 Å². The fraction of sp³-hybridized carbons (Fsp3) is 0.545. The molecule has 2 aromatic heterocycles. The van der Waals surface area contributed by atoms with Crippen LogP contribution in [-0.4, -0.2) is 87.1 Å². The van der Waals surface area contributed by atoms with Crippen LogP contribution < -0.4 is 0 Å². The monoisotopic (exact) mass is 464 g/mol. The Bertz CT molecular complexity index is 991. The third-order valence-electron chi connectivity index (χ3n) is 6.26. The van der Waals surface area contributed by atoms with E-state index in [4.69, 9.17) is 0 Å². The summed E-state index contributed by atoms with van der Waals surface area (Å²) in [6.07, 6.45) is 1.000. The number of hydrogen-bond donors (Lipinski definition) is 0. The van der Waals surface area contributed by atoms with E-state index in [0.717, 1.165) is 38.2 Å². The number of piperidine rings is 1. The minimum absolute atomic E-state index is 0.149. The SMILES string of the molecule is Cc1c(C(=O)N2CCN(CC(=O)N3CCCCC3)CC2)cnn1-c1ccc(C(F)(F)F)cn1. The van der Waals surface area contributed by atoms with Gasteiger partial charge in [-0.15, -0.1) is 0 Å². The van der Waals surface area contributed by atoms with Crippen molar-refractivity contribution >= 4 is 11.8 Å². The number of pyridine rings is 1. The van der Waals surface area contributed by atoms with Gasteiger partial charge in [0.05, 0.1) is 29.6 Å². The molecule has 11 heteroatoms. The summed E-state index contributed by atoms with van der Waals surface area (Å²) in [6, 6.07) is 2.17. The van der Waals surface area contributed by atoms with Gasteiger partial charge in [0.1, 0.15) is 0 Å². The Labute approximate surface area is 190 Å². The lowest BCUT2D eigenvalue weighted by Gasteiger charge is -2.36. The van der Waals surface area contributed by atoms with Crippen molar-refractivity contribution in [3.05, 3.63) is 41.3 Å². The molecule has 0 N–H and O–H groups in total. The molecule has 0 aromatic carbocycles. The van der Waals surface area contributed by atoms with E-state index < -0.39 is 11.7 Å². The lowest BCUT2D eigenvalue weighted by Crippen LogP contribution is -2.52. The quantitative estimate of drug-likeness (QED) is 0.695. The van der Waals surface area contributed by atoms with Crippen molar-refractivity contribution in [3.63, 3.8) is 0 Å². The molecule has 4 heterocycles. The molecule has 33 heavy (non-hydrogen) atoms. The molecule has 0 radical (unpaired) electrons. The molecule has 2 aromatic rings. The van der Waals surface area contributed by atoms with Crippen molar-refractivity contribution in [2.24, 2.45) is 0 Å². The van der Waals surface area contributed by atoms with Crippen molar-refractivity contribution < 1.29 is 22.8 Å². The topological polar surface area (TPSA) is 74.6 Å². The summed E-state index contributed by atoms with van der Waals surface area (Å²) in [5.41, 5.74) is 0.0495. The summed E-state index contributed by atoms with van der Waals surface area (Å²) < 4.78 is 39.7. The van der Waals surface area contributed by atoms with Gasteiger partial charge in [-0.1, -0.05) is 0 Å². The van der Waals surface area contributed by atoms with Crippen molar-refractivity contribution in [2.75, 3.05) is 45.8 Å². The molecular formula is C22H27F3N6O2. The van der Waals surface area contributed by atoms with Crippen LogP contribution in [0, 0.1) is 6.92 Å². The highest BCUT2D eigenvalue weighted by Crippen LogP contribution is 2.29. The third-order valence-corrected chi connectivity index (χ3v) is 6.26. The van der Waals surface area contributed by atoms with Crippen LogP contribution in [-0.2, 0) is 11.0 Å². The first-order valence-corrected chi connectivity index (χ1v) is 11.1. The number of halogens is 3. The van der Waals surface area contributed by atoms with Gasteiger partial charge in [0.15, 0.2) is 5.82 Å². The van der Waals surface area contributed by atoms with Crippen LogP contribution in [0.5, 0.6) is 0 Å². The van der Waals surface area contributed by atoms with E-state index in [-0.39, 0.29) is 17.6 Å². The van der Waals surface area contributed by atoms with Crippen LogP contribution in [0.3, 0.4) is 0 Å². The second kappa shape index (κ2) is 9.50. The lowest BCUT2D eigenvalue weighted by atomic mass is 10.1. The predicted molar refractivity (Wildman–Crippen MR) is 114 cm³/mol. The number of rotatable bonds is 4. The Hall–Kier alpha value is -2.95. The van der Waals surface area contributed by atoms with Crippen molar-refractivity contribution in [1.82, 2.24) is 29.5 Å². The second-order valence-corrected chi connectivity index (χ2v) is 8.47. The predicted octanol–water partition coefficient (Wildman–Crippen LogP) is 2.36. The molecule has 2 aliphatic rings. The Morgan fingerprint density at radius 1 is 0.939 bits per heavy atom. The molecule has 0 saturated carbocycles. The van der Waals surface area contributed by atoms with Gasteiger partial charge in [-0.25, -0.2) is 9.67 Å². The molecule has 8 nitrogen and oxygen atoms in total. The lowest BCUT2D eigenvalue weighted by molar-refractivity contribution is -0.138. The average Bonchev–Trinajstić information content (AvgIpc) is 3.20. The highest BCUT2D eigenvalue weighted by molar-refractivity contribution is 5.95. The van der Waals surface area contributed by atoms with E-state index in [1.807, 2.05) is 4.90 Å². The van der Waals surface area contributed by atoms with Gasteiger partial charge in [-0.3, -0.25) is 14.5 Å². The first-order valence-electron chi connectivity index (χ1n) is 11.1. The van der Waals surface area contributed by atoms with Crippen LogP contribution in [0.25, 0.3) is 5.82 Å². The molecule has 178 valence electrons. The number of amides is 2. The van der Waals surface area contributed by atoms with Gasteiger partial charge < -0.3 is 9.80 Å². The fourth-order valence-corrected chi connectivity index (χ4v) is 4.24. The summed E-state index contributed by atoms with van der Waals surface area (Å²) in [7, 11) is 0. The Morgan fingerprint density at radius 2 is 1.64 bits per heavy atom. The summed E-state index contributed by atoms with van der Waals surface area (Å²) in [6.45, 7) is 5.93. The summed E-state index contributed by atoms with van der Waals surface area (Å²) in [5.74, 6) is 0.170. The maximum atomic E-state index is 13.0. The second-order valence-electron chi connectivity index (χ2n) is 8.47. The van der Waals surface area contributed by atoms with Gasteiger partial charge in [-0.05, 0) is 38.3 Å². The maximum Gasteiger partial charge on any atom is 0.417 e. The van der Waals surface area contributed by atoms with Gasteiger partial charge in [0.25, 0.3) is 5.91 Å². The van der Waals surface area contributed by atoms with Gasteiger partial charge >= 0.3 is 6.18 Å². The van der Waals surface area contributed by atoms with Crippen molar-refractivity contribution in [1.29, 1.82) is 0 Å². The summed E-state index contributed by atoms with van der Waals surface area (Å²) in [4.78, 5) is 35.1. The number of likely N-dealkylation sites (tertiary alicyclic amines) is 1. The van der Waals surface area contributed by atoms with E-state index in [1.54, 1.807) is 11.8 Å². The minimum atomic E-state index is -4.47. The van der Waals surface area contributed by atoms with E-state index in [2.05, 4.69) is 15.0 Å². The Balaban J connectivity index is 1.35. The van der Waals surface area contributed by atoms with Gasteiger partial charge in [-0.2, -0.15) is 18.3 Å². The zero-order valence-corrected chi connectivity index (χ0v) is 18.5. The number of carbonyl (C=O) groups is 2. The number of carbonyl (C=O) groups excluding carboxylic acids is 2. The van der Waals surface area contributed by atoms with Crippen molar-refractivity contribution in [2.45, 2.75) is 32.4 Å². The zero-order chi connectivity index (χ0) is 23.6. The molecule has 2 fully saturated rings. The van der Waals surface area contributed by atoms with Crippen LogP contribution in [0.1, 0.15) is 40.9 Å². The molecule has 0 atom stereocenters. The maximum absolute atomic E-state index is 13.0. The van der Waals surface area contributed by atoms with Crippen molar-refractivity contribution in [3.8, 4) is 5.82 Å². The molecule has 0 aliphatic carbocycles. The summed E-state index contributed by atoms with van der Waals surface area (Å²) in [5, 5.41) is 4.16. The number of hydrogen-bond acceptors (Lipinski definition) is 5. The van der Waals surface area contributed by atoms with Crippen LogP contribution in [0.4, 0.5) is 13.2 Å². The normalized spacial score (nSPS) is 17.9. The molecule has 2 saturated heterocycles. The third kappa shape index (κ3) is 5.18. The van der Waals surface area contributed by atoms with E-state index in [1.165, 1.54) is 23.4 Å². The molecule has 0 bridgehead atoms. The first-order chi connectivity index (χ1) is 15.7. The number of nitrogens with zero attached hydrogens (tertiary/aromatic N) is 6. The average molecular weight is 464 g/mol. The van der Waals surface area contributed by atoms with E-state index in [9.17, 15) is 22.8 Å². The van der Waals surface area contributed by atoms with E-state index >= 15 is 0 Å². The fourth-order valence-electron chi connectivity index (χ4n) is 4.24. The number of alkyl halides is 3. The first kappa shape index (κ1) is 23.2. The molecule has 2 amide bonds. The van der Waals surface area contributed by atoms with E-state index in [0.29, 0.717) is 44.0 Å². The molecule has 0 spiro atoms. The molecule has 4 rings (SSSR count). The Kier molecular flexibility index (Phi) is 6.68. The van der Waals surface area contributed by atoms with Crippen LogP contribution >= 0.6 is 0 Å². The minimum Gasteiger partial charge on any atom is -0.342 e. The molecular weight excluding hydrogens is 437 g/mol.